The molecule has 1 aromatic carbocycles. The van der Waals surface area contributed by atoms with Gasteiger partial charge in [0.05, 0.1) is 5.92 Å². The Kier molecular flexibility index (Phi) is 6.85. The van der Waals surface area contributed by atoms with Gasteiger partial charge in [0.25, 0.3) is 0 Å². The maximum Gasteiger partial charge on any atom is 0.407 e. The lowest BCUT2D eigenvalue weighted by molar-refractivity contribution is 0.154. The van der Waals surface area contributed by atoms with Gasteiger partial charge in [0.15, 0.2) is 0 Å². The summed E-state index contributed by atoms with van der Waals surface area (Å²) in [6, 6.07) is 8.36. The van der Waals surface area contributed by atoms with Crippen molar-refractivity contribution in [1.29, 1.82) is 0 Å². The van der Waals surface area contributed by atoms with Gasteiger partial charge in [0.2, 0.25) is 11.7 Å². The van der Waals surface area contributed by atoms with Crippen molar-refractivity contribution in [2.45, 2.75) is 64.2 Å². The van der Waals surface area contributed by atoms with Gasteiger partial charge >= 0.3 is 6.09 Å². The standard InChI is InChI=1S/C21H29N3O3/c1-2-3-4-5-6-7-8-16-9-11-17(12-10-16)19-22-20(27-23-19)18-13-14-24(15-18)21(25)26/h9-12,18H,2-8,13-15H2,1H3,(H,25,26). The molecule has 0 radical (unpaired) electrons. The molecule has 0 saturated carbocycles. The second-order valence-corrected chi connectivity index (χ2v) is 7.39. The zero-order valence-corrected chi connectivity index (χ0v) is 16.1. The van der Waals surface area contributed by atoms with Crippen molar-refractivity contribution in [2.75, 3.05) is 13.1 Å². The number of hydrogen-bond donors (Lipinski definition) is 1. The third-order valence-electron chi connectivity index (χ3n) is 5.28. The average molecular weight is 371 g/mol. The molecule has 6 nitrogen and oxygen atoms in total. The van der Waals surface area contributed by atoms with Gasteiger partial charge in [-0.15, -0.1) is 0 Å². The normalized spacial score (nSPS) is 16.8. The van der Waals surface area contributed by atoms with E-state index in [2.05, 4.69) is 29.2 Å². The summed E-state index contributed by atoms with van der Waals surface area (Å²) in [4.78, 5) is 16.9. The van der Waals surface area contributed by atoms with Crippen molar-refractivity contribution in [1.82, 2.24) is 15.0 Å². The third kappa shape index (κ3) is 5.31. The Labute approximate surface area is 160 Å². The number of hydrogen-bond acceptors (Lipinski definition) is 4. The molecule has 1 fully saturated rings. The molecule has 27 heavy (non-hydrogen) atoms. The molecule has 1 unspecified atom stereocenters. The summed E-state index contributed by atoms with van der Waals surface area (Å²) in [6.07, 6.45) is 8.79. The van der Waals surface area contributed by atoms with E-state index < -0.39 is 6.09 Å². The molecule has 2 aromatic rings. The van der Waals surface area contributed by atoms with Crippen LogP contribution in [0.4, 0.5) is 4.79 Å². The SMILES string of the molecule is CCCCCCCCc1ccc(-c2noc(C3CCN(C(=O)O)C3)n2)cc1. The summed E-state index contributed by atoms with van der Waals surface area (Å²) >= 11 is 0. The van der Waals surface area contributed by atoms with E-state index in [1.54, 1.807) is 0 Å². The first-order chi connectivity index (χ1) is 13.2. The predicted octanol–water partition coefficient (Wildman–Crippen LogP) is 5.11. The number of nitrogens with zero attached hydrogens (tertiary/aromatic N) is 3. The van der Waals surface area contributed by atoms with Crippen molar-refractivity contribution in [3.8, 4) is 11.4 Å². The van der Waals surface area contributed by atoms with Crippen LogP contribution in [0.1, 0.15) is 69.2 Å². The van der Waals surface area contributed by atoms with E-state index in [-0.39, 0.29) is 5.92 Å². The van der Waals surface area contributed by atoms with E-state index in [1.807, 2.05) is 12.1 Å². The molecular weight excluding hydrogens is 342 g/mol. The highest BCUT2D eigenvalue weighted by atomic mass is 16.5. The Morgan fingerprint density at radius 1 is 1.19 bits per heavy atom. The molecule has 1 aliphatic heterocycles. The maximum absolute atomic E-state index is 11.0. The Bertz CT molecular complexity index is 727. The fourth-order valence-electron chi connectivity index (χ4n) is 3.58. The van der Waals surface area contributed by atoms with Gasteiger partial charge in [-0.25, -0.2) is 4.79 Å². The van der Waals surface area contributed by atoms with Gasteiger partial charge in [-0.3, -0.25) is 0 Å². The van der Waals surface area contributed by atoms with Crippen molar-refractivity contribution in [2.24, 2.45) is 0 Å². The molecule has 0 bridgehead atoms. The van der Waals surface area contributed by atoms with Crippen LogP contribution in [0.5, 0.6) is 0 Å². The number of unbranched alkanes of at least 4 members (excludes halogenated alkanes) is 5. The quantitative estimate of drug-likeness (QED) is 0.620. The molecule has 1 atom stereocenters. The highest BCUT2D eigenvalue weighted by Gasteiger charge is 2.31. The first-order valence-electron chi connectivity index (χ1n) is 10.1. The number of aromatic nitrogens is 2. The van der Waals surface area contributed by atoms with Gasteiger partial charge in [0, 0.05) is 18.7 Å². The minimum atomic E-state index is -0.891. The van der Waals surface area contributed by atoms with E-state index in [1.165, 1.54) is 49.0 Å². The second-order valence-electron chi connectivity index (χ2n) is 7.39. The molecular formula is C21H29N3O3. The number of carbonyl (C=O) groups is 1. The number of benzene rings is 1. The number of likely N-dealkylation sites (tertiary alicyclic amines) is 1. The van der Waals surface area contributed by atoms with E-state index in [9.17, 15) is 4.79 Å². The highest BCUT2D eigenvalue weighted by molar-refractivity contribution is 5.65. The Balaban J connectivity index is 1.51. The van der Waals surface area contributed by atoms with Crippen molar-refractivity contribution >= 4 is 6.09 Å². The van der Waals surface area contributed by atoms with Crippen molar-refractivity contribution in [3.63, 3.8) is 0 Å². The topological polar surface area (TPSA) is 79.5 Å². The highest BCUT2D eigenvalue weighted by Crippen LogP contribution is 2.28. The lowest BCUT2D eigenvalue weighted by Crippen LogP contribution is -2.26. The lowest BCUT2D eigenvalue weighted by Gasteiger charge is -2.09. The molecule has 1 N–H and O–H groups in total. The van der Waals surface area contributed by atoms with E-state index in [0.29, 0.717) is 24.8 Å². The number of amides is 1. The van der Waals surface area contributed by atoms with Gasteiger partial charge in [-0.2, -0.15) is 4.98 Å². The van der Waals surface area contributed by atoms with Gasteiger partial charge in [-0.05, 0) is 24.8 Å². The first-order valence-corrected chi connectivity index (χ1v) is 10.1. The average Bonchev–Trinajstić information content (AvgIpc) is 3.34. The minimum Gasteiger partial charge on any atom is -0.465 e. The molecule has 0 spiro atoms. The summed E-state index contributed by atoms with van der Waals surface area (Å²) < 4.78 is 5.39. The van der Waals surface area contributed by atoms with Crippen LogP contribution in [-0.2, 0) is 6.42 Å². The molecule has 6 heteroatoms. The Morgan fingerprint density at radius 3 is 2.63 bits per heavy atom. The largest absolute Gasteiger partial charge is 0.465 e. The fourth-order valence-corrected chi connectivity index (χ4v) is 3.58. The summed E-state index contributed by atoms with van der Waals surface area (Å²) in [5.74, 6) is 1.10. The summed E-state index contributed by atoms with van der Waals surface area (Å²) in [6.45, 7) is 3.19. The minimum absolute atomic E-state index is 0.00525. The molecule has 1 aliphatic rings. The molecule has 2 heterocycles. The number of carboxylic acid groups (broad SMARTS) is 1. The van der Waals surface area contributed by atoms with Gasteiger partial charge in [0.1, 0.15) is 0 Å². The first kappa shape index (κ1) is 19.4. The number of rotatable bonds is 9. The van der Waals surface area contributed by atoms with Crippen LogP contribution in [0.2, 0.25) is 0 Å². The molecule has 1 aromatic heterocycles. The van der Waals surface area contributed by atoms with Crippen molar-refractivity contribution in [3.05, 3.63) is 35.7 Å². The number of aryl methyl sites for hydroxylation is 1. The van der Waals surface area contributed by atoms with Crippen LogP contribution in [-0.4, -0.2) is 39.3 Å². The molecule has 146 valence electrons. The Morgan fingerprint density at radius 2 is 1.93 bits per heavy atom. The van der Waals surface area contributed by atoms with Crippen LogP contribution in [0.15, 0.2) is 28.8 Å². The fraction of sp³-hybridized carbons (Fsp3) is 0.571. The lowest BCUT2D eigenvalue weighted by atomic mass is 10.0. The zero-order valence-electron chi connectivity index (χ0n) is 16.1. The third-order valence-corrected chi connectivity index (χ3v) is 5.28. The molecule has 1 saturated heterocycles. The van der Waals surface area contributed by atoms with Crippen LogP contribution >= 0.6 is 0 Å². The van der Waals surface area contributed by atoms with Crippen molar-refractivity contribution < 1.29 is 14.4 Å². The van der Waals surface area contributed by atoms with Crippen LogP contribution in [0, 0.1) is 0 Å². The molecule has 1 amide bonds. The predicted molar refractivity (Wildman–Crippen MR) is 104 cm³/mol. The van der Waals surface area contributed by atoms with Gasteiger partial charge in [-0.1, -0.05) is 68.4 Å². The van der Waals surface area contributed by atoms with Crippen LogP contribution < -0.4 is 0 Å². The van der Waals surface area contributed by atoms with E-state index in [4.69, 9.17) is 9.63 Å². The maximum atomic E-state index is 11.0. The molecule has 3 rings (SSSR count). The molecule has 0 aliphatic carbocycles. The summed E-state index contributed by atoms with van der Waals surface area (Å²) in [7, 11) is 0. The van der Waals surface area contributed by atoms with Crippen LogP contribution in [0.3, 0.4) is 0 Å². The van der Waals surface area contributed by atoms with Gasteiger partial charge < -0.3 is 14.5 Å². The van der Waals surface area contributed by atoms with E-state index in [0.717, 1.165) is 18.4 Å². The summed E-state index contributed by atoms with van der Waals surface area (Å²) in [5.41, 5.74) is 2.27. The monoisotopic (exact) mass is 371 g/mol. The van der Waals surface area contributed by atoms with E-state index >= 15 is 0 Å². The second kappa shape index (κ2) is 9.53. The summed E-state index contributed by atoms with van der Waals surface area (Å²) in [5, 5.41) is 13.1. The van der Waals surface area contributed by atoms with Crippen LogP contribution in [0.25, 0.3) is 11.4 Å². The Hall–Kier alpha value is -2.37. The zero-order chi connectivity index (χ0) is 19.1. The smallest absolute Gasteiger partial charge is 0.407 e.